The molecule has 80 valence electrons. The van der Waals surface area contributed by atoms with Crippen LogP contribution in [0.4, 0.5) is 0 Å². The number of rotatable bonds is 5. The first-order chi connectivity index (χ1) is 6.50. The van der Waals surface area contributed by atoms with Crippen LogP contribution in [-0.4, -0.2) is 28.3 Å². The second-order valence-corrected chi connectivity index (χ2v) is 4.78. The monoisotopic (exact) mass is 214 g/mol. The van der Waals surface area contributed by atoms with Crippen LogP contribution in [0.15, 0.2) is 10.9 Å². The van der Waals surface area contributed by atoms with E-state index >= 15 is 0 Å². The van der Waals surface area contributed by atoms with Crippen molar-refractivity contribution in [3.63, 3.8) is 0 Å². The lowest BCUT2D eigenvalue weighted by atomic mass is 10.0. The van der Waals surface area contributed by atoms with E-state index in [9.17, 15) is 5.11 Å². The molecule has 3 nitrogen and oxygen atoms in total. The fraction of sp³-hybridized carbons (Fsp3) is 0.700. The molecular formula is C10H18N2OS. The molecule has 0 saturated heterocycles. The highest BCUT2D eigenvalue weighted by atomic mass is 32.1. The molecule has 0 saturated carbocycles. The lowest BCUT2D eigenvalue weighted by molar-refractivity contribution is 0.0446. The summed E-state index contributed by atoms with van der Waals surface area (Å²) in [5, 5.41) is 15.0. The van der Waals surface area contributed by atoms with Crippen LogP contribution >= 0.6 is 11.3 Å². The molecule has 0 aromatic carbocycles. The summed E-state index contributed by atoms with van der Waals surface area (Å²) in [5.41, 5.74) is 2.29. The van der Waals surface area contributed by atoms with Gasteiger partial charge in [0.25, 0.3) is 0 Å². The van der Waals surface area contributed by atoms with Gasteiger partial charge in [-0.25, -0.2) is 4.98 Å². The molecular weight excluding hydrogens is 196 g/mol. The zero-order valence-electron chi connectivity index (χ0n) is 8.95. The zero-order chi connectivity index (χ0) is 10.6. The first-order valence-corrected chi connectivity index (χ1v) is 5.77. The Morgan fingerprint density at radius 3 is 2.86 bits per heavy atom. The number of nitrogens with zero attached hydrogens (tertiary/aromatic N) is 1. The molecule has 0 aliphatic rings. The molecule has 2 N–H and O–H groups in total. The molecule has 1 unspecified atom stereocenters. The lowest BCUT2D eigenvalue weighted by Gasteiger charge is -2.26. The average Bonchev–Trinajstić information content (AvgIpc) is 2.55. The van der Waals surface area contributed by atoms with Crippen LogP contribution in [-0.2, 0) is 6.42 Å². The van der Waals surface area contributed by atoms with Gasteiger partial charge in [-0.1, -0.05) is 0 Å². The average molecular weight is 214 g/mol. The lowest BCUT2D eigenvalue weighted by Crippen LogP contribution is -2.45. The summed E-state index contributed by atoms with van der Waals surface area (Å²) >= 11 is 1.62. The normalized spacial score (nSPS) is 14.3. The van der Waals surface area contributed by atoms with E-state index in [4.69, 9.17) is 0 Å². The summed E-state index contributed by atoms with van der Waals surface area (Å²) in [4.78, 5) is 4.19. The van der Waals surface area contributed by atoms with E-state index in [1.165, 1.54) is 0 Å². The predicted octanol–water partition coefficient (Wildman–Crippen LogP) is 1.43. The standard InChI is InChI=1S/C10H18N2OS/c1-8(10(2,3)13)11-5-4-9-6-14-7-12-9/h6-8,11,13H,4-5H2,1-3H3. The minimum atomic E-state index is -0.665. The van der Waals surface area contributed by atoms with Crippen molar-refractivity contribution in [3.8, 4) is 0 Å². The maximum Gasteiger partial charge on any atom is 0.0794 e. The molecule has 0 radical (unpaired) electrons. The molecule has 0 aliphatic carbocycles. The summed E-state index contributed by atoms with van der Waals surface area (Å²) < 4.78 is 0. The Hall–Kier alpha value is -0.450. The van der Waals surface area contributed by atoms with Gasteiger partial charge in [0.15, 0.2) is 0 Å². The van der Waals surface area contributed by atoms with Gasteiger partial charge in [-0.15, -0.1) is 11.3 Å². The molecule has 1 atom stereocenters. The molecule has 0 bridgehead atoms. The number of aliphatic hydroxyl groups is 1. The van der Waals surface area contributed by atoms with E-state index in [1.807, 2.05) is 26.3 Å². The van der Waals surface area contributed by atoms with E-state index in [0.717, 1.165) is 18.7 Å². The molecule has 0 amide bonds. The maximum absolute atomic E-state index is 9.67. The Kier molecular flexibility index (Phi) is 4.04. The third-order valence-corrected chi connectivity index (χ3v) is 3.01. The van der Waals surface area contributed by atoms with E-state index in [2.05, 4.69) is 15.7 Å². The van der Waals surface area contributed by atoms with Gasteiger partial charge < -0.3 is 10.4 Å². The van der Waals surface area contributed by atoms with Gasteiger partial charge in [-0.3, -0.25) is 0 Å². The van der Waals surface area contributed by atoms with Crippen LogP contribution in [0.5, 0.6) is 0 Å². The highest BCUT2D eigenvalue weighted by molar-refractivity contribution is 7.07. The summed E-state index contributed by atoms with van der Waals surface area (Å²) in [6.45, 7) is 6.47. The Morgan fingerprint density at radius 1 is 1.64 bits per heavy atom. The number of hydrogen-bond donors (Lipinski definition) is 2. The van der Waals surface area contributed by atoms with Crippen molar-refractivity contribution in [1.29, 1.82) is 0 Å². The summed E-state index contributed by atoms with van der Waals surface area (Å²) in [6, 6.07) is 0.0983. The van der Waals surface area contributed by atoms with Crippen LogP contribution < -0.4 is 5.32 Å². The molecule has 1 aromatic heterocycles. The molecule has 1 aromatic rings. The van der Waals surface area contributed by atoms with Crippen LogP contribution in [0.3, 0.4) is 0 Å². The van der Waals surface area contributed by atoms with Gasteiger partial charge >= 0.3 is 0 Å². The largest absolute Gasteiger partial charge is 0.389 e. The summed E-state index contributed by atoms with van der Waals surface area (Å²) in [7, 11) is 0. The fourth-order valence-electron chi connectivity index (χ4n) is 1.03. The van der Waals surface area contributed by atoms with E-state index in [-0.39, 0.29) is 6.04 Å². The van der Waals surface area contributed by atoms with Crippen molar-refractivity contribution in [2.24, 2.45) is 0 Å². The third kappa shape index (κ3) is 3.74. The molecule has 0 spiro atoms. The summed E-state index contributed by atoms with van der Waals surface area (Å²) in [6.07, 6.45) is 0.921. The molecule has 4 heteroatoms. The van der Waals surface area contributed by atoms with Crippen LogP contribution in [0.2, 0.25) is 0 Å². The predicted molar refractivity (Wildman–Crippen MR) is 59.6 cm³/mol. The van der Waals surface area contributed by atoms with Crippen LogP contribution in [0, 0.1) is 0 Å². The molecule has 0 aliphatic heterocycles. The number of thiazole rings is 1. The fourth-order valence-corrected chi connectivity index (χ4v) is 1.62. The molecule has 0 fully saturated rings. The minimum Gasteiger partial charge on any atom is -0.389 e. The zero-order valence-corrected chi connectivity index (χ0v) is 9.77. The minimum absolute atomic E-state index is 0.0983. The van der Waals surface area contributed by atoms with Gasteiger partial charge in [0.05, 0.1) is 16.8 Å². The van der Waals surface area contributed by atoms with E-state index in [1.54, 1.807) is 11.3 Å². The summed E-state index contributed by atoms with van der Waals surface area (Å²) in [5.74, 6) is 0. The van der Waals surface area contributed by atoms with Gasteiger partial charge in [0.1, 0.15) is 0 Å². The quantitative estimate of drug-likeness (QED) is 0.779. The maximum atomic E-state index is 9.67. The Balaban J connectivity index is 2.22. The Labute approximate surface area is 89.2 Å². The van der Waals surface area contributed by atoms with Gasteiger partial charge in [0, 0.05) is 24.4 Å². The van der Waals surface area contributed by atoms with Crippen molar-refractivity contribution in [2.75, 3.05) is 6.54 Å². The SMILES string of the molecule is CC(NCCc1cscn1)C(C)(C)O. The Bertz CT molecular complexity index is 254. The number of aromatic nitrogens is 1. The van der Waals surface area contributed by atoms with Gasteiger partial charge in [-0.05, 0) is 20.8 Å². The topological polar surface area (TPSA) is 45.2 Å². The van der Waals surface area contributed by atoms with Crippen LogP contribution in [0.1, 0.15) is 26.5 Å². The highest BCUT2D eigenvalue weighted by Crippen LogP contribution is 2.07. The smallest absolute Gasteiger partial charge is 0.0794 e. The number of hydrogen-bond acceptors (Lipinski definition) is 4. The third-order valence-electron chi connectivity index (χ3n) is 2.37. The second-order valence-electron chi connectivity index (χ2n) is 4.06. The van der Waals surface area contributed by atoms with Crippen molar-refractivity contribution in [3.05, 3.63) is 16.6 Å². The second kappa shape index (κ2) is 4.87. The van der Waals surface area contributed by atoms with Gasteiger partial charge in [-0.2, -0.15) is 0 Å². The van der Waals surface area contributed by atoms with E-state index in [0.29, 0.717) is 0 Å². The first kappa shape index (κ1) is 11.6. The van der Waals surface area contributed by atoms with Crippen molar-refractivity contribution in [2.45, 2.75) is 38.8 Å². The molecule has 1 rings (SSSR count). The van der Waals surface area contributed by atoms with Crippen molar-refractivity contribution < 1.29 is 5.11 Å². The Morgan fingerprint density at radius 2 is 2.36 bits per heavy atom. The number of nitrogens with one attached hydrogen (secondary N) is 1. The molecule has 14 heavy (non-hydrogen) atoms. The van der Waals surface area contributed by atoms with Crippen LogP contribution in [0.25, 0.3) is 0 Å². The van der Waals surface area contributed by atoms with Crippen molar-refractivity contribution in [1.82, 2.24) is 10.3 Å². The first-order valence-electron chi connectivity index (χ1n) is 4.83. The van der Waals surface area contributed by atoms with Gasteiger partial charge in [0.2, 0.25) is 0 Å². The van der Waals surface area contributed by atoms with E-state index < -0.39 is 5.60 Å². The van der Waals surface area contributed by atoms with Crippen molar-refractivity contribution >= 4 is 11.3 Å². The highest BCUT2D eigenvalue weighted by Gasteiger charge is 2.21. The molecule has 1 heterocycles.